The number of carbonyl (C=O) groups is 2. The monoisotopic (exact) mass is 392 g/mol. The molecule has 1 atom stereocenters. The SMILES string of the molecule is CCOc1ccc(C(=O)NNC(=O)C(C)Oc2cccc(Cl)c2)cc1OC. The second-order valence-electron chi connectivity index (χ2n) is 5.46. The largest absolute Gasteiger partial charge is 0.493 e. The van der Waals surface area contributed by atoms with Gasteiger partial charge in [0.15, 0.2) is 17.6 Å². The number of amides is 2. The first-order valence-corrected chi connectivity index (χ1v) is 8.65. The number of halogens is 1. The Morgan fingerprint density at radius 3 is 2.56 bits per heavy atom. The van der Waals surface area contributed by atoms with E-state index < -0.39 is 17.9 Å². The molecule has 0 aliphatic rings. The Bertz CT molecular complexity index is 812. The van der Waals surface area contributed by atoms with Crippen LogP contribution in [0.4, 0.5) is 0 Å². The van der Waals surface area contributed by atoms with Gasteiger partial charge >= 0.3 is 0 Å². The summed E-state index contributed by atoms with van der Waals surface area (Å²) in [6.07, 6.45) is -0.835. The molecule has 0 heterocycles. The minimum Gasteiger partial charge on any atom is -0.493 e. The van der Waals surface area contributed by atoms with Crippen molar-refractivity contribution in [3.05, 3.63) is 53.1 Å². The second-order valence-corrected chi connectivity index (χ2v) is 5.90. The van der Waals surface area contributed by atoms with Gasteiger partial charge in [0.05, 0.1) is 13.7 Å². The zero-order valence-corrected chi connectivity index (χ0v) is 16.0. The molecule has 0 saturated heterocycles. The molecule has 8 heteroatoms. The van der Waals surface area contributed by atoms with Gasteiger partial charge < -0.3 is 14.2 Å². The molecule has 144 valence electrons. The van der Waals surface area contributed by atoms with Crippen LogP contribution in [0.15, 0.2) is 42.5 Å². The maximum Gasteiger partial charge on any atom is 0.279 e. The van der Waals surface area contributed by atoms with E-state index in [2.05, 4.69) is 10.9 Å². The van der Waals surface area contributed by atoms with Gasteiger partial charge in [0.25, 0.3) is 11.8 Å². The van der Waals surface area contributed by atoms with Crippen molar-refractivity contribution < 1.29 is 23.8 Å². The number of rotatable bonds is 7. The average Bonchev–Trinajstić information content (AvgIpc) is 2.66. The highest BCUT2D eigenvalue weighted by molar-refractivity contribution is 6.30. The molecule has 2 rings (SSSR count). The molecule has 0 aromatic heterocycles. The number of hydrogen-bond donors (Lipinski definition) is 2. The molecule has 0 bridgehead atoms. The van der Waals surface area contributed by atoms with E-state index in [1.807, 2.05) is 6.92 Å². The normalized spacial score (nSPS) is 11.3. The summed E-state index contributed by atoms with van der Waals surface area (Å²) in [5.41, 5.74) is 4.97. The van der Waals surface area contributed by atoms with Crippen molar-refractivity contribution in [3.63, 3.8) is 0 Å². The highest BCUT2D eigenvalue weighted by Gasteiger charge is 2.17. The molecule has 2 aromatic rings. The summed E-state index contributed by atoms with van der Waals surface area (Å²) in [4.78, 5) is 24.3. The highest BCUT2D eigenvalue weighted by atomic mass is 35.5. The van der Waals surface area contributed by atoms with Gasteiger partial charge in [-0.3, -0.25) is 20.4 Å². The van der Waals surface area contributed by atoms with Crippen LogP contribution in [-0.2, 0) is 4.79 Å². The maximum atomic E-state index is 12.2. The number of ether oxygens (including phenoxy) is 3. The zero-order chi connectivity index (χ0) is 19.8. The van der Waals surface area contributed by atoms with Gasteiger partial charge in [-0.15, -0.1) is 0 Å². The van der Waals surface area contributed by atoms with E-state index in [0.29, 0.717) is 34.4 Å². The number of benzene rings is 2. The summed E-state index contributed by atoms with van der Waals surface area (Å²) in [6.45, 7) is 3.88. The van der Waals surface area contributed by atoms with Gasteiger partial charge in [-0.2, -0.15) is 0 Å². The zero-order valence-electron chi connectivity index (χ0n) is 15.2. The molecule has 0 radical (unpaired) electrons. The molecule has 2 N–H and O–H groups in total. The van der Waals surface area contributed by atoms with Gasteiger partial charge in [0.1, 0.15) is 5.75 Å². The van der Waals surface area contributed by atoms with E-state index in [0.717, 1.165) is 0 Å². The highest BCUT2D eigenvalue weighted by Crippen LogP contribution is 2.27. The summed E-state index contributed by atoms with van der Waals surface area (Å²) >= 11 is 5.88. The Labute approximate surface area is 162 Å². The first-order valence-electron chi connectivity index (χ1n) is 8.27. The number of hydrogen-bond acceptors (Lipinski definition) is 5. The summed E-state index contributed by atoms with van der Waals surface area (Å²) in [5, 5.41) is 0.498. The Balaban J connectivity index is 1.93. The summed E-state index contributed by atoms with van der Waals surface area (Å²) in [6, 6.07) is 11.4. The fourth-order valence-corrected chi connectivity index (χ4v) is 2.35. The third kappa shape index (κ3) is 5.79. The van der Waals surface area contributed by atoms with Crippen LogP contribution < -0.4 is 25.1 Å². The number of nitrogens with one attached hydrogen (secondary N) is 2. The summed E-state index contributed by atoms with van der Waals surface area (Å²) in [7, 11) is 1.48. The first kappa shape index (κ1) is 20.4. The lowest BCUT2D eigenvalue weighted by molar-refractivity contribution is -0.128. The molecular formula is C19H21ClN2O5. The second kappa shape index (κ2) is 9.68. The van der Waals surface area contributed by atoms with Crippen LogP contribution in [0.1, 0.15) is 24.2 Å². The van der Waals surface area contributed by atoms with Gasteiger partial charge in [-0.05, 0) is 50.2 Å². The van der Waals surface area contributed by atoms with Crippen LogP contribution >= 0.6 is 11.6 Å². The average molecular weight is 393 g/mol. The van der Waals surface area contributed by atoms with Crippen LogP contribution in [-0.4, -0.2) is 31.6 Å². The van der Waals surface area contributed by atoms with Crippen molar-refractivity contribution in [2.75, 3.05) is 13.7 Å². The standard InChI is InChI=1S/C19H21ClN2O5/c1-4-26-16-9-8-13(10-17(16)25-3)19(24)22-21-18(23)12(2)27-15-7-5-6-14(20)11-15/h5-12H,4H2,1-3H3,(H,21,23)(H,22,24). The van der Waals surface area contributed by atoms with Gasteiger partial charge in [0.2, 0.25) is 0 Å². The topological polar surface area (TPSA) is 85.9 Å². The van der Waals surface area contributed by atoms with Crippen LogP contribution in [0.25, 0.3) is 0 Å². The molecule has 2 aromatic carbocycles. The quantitative estimate of drug-likeness (QED) is 0.707. The molecule has 0 spiro atoms. The number of carbonyl (C=O) groups excluding carboxylic acids is 2. The van der Waals surface area contributed by atoms with Crippen LogP contribution in [0.5, 0.6) is 17.2 Å². The number of methoxy groups -OCH3 is 1. The lowest BCUT2D eigenvalue weighted by atomic mass is 10.2. The van der Waals surface area contributed by atoms with Crippen molar-refractivity contribution in [1.82, 2.24) is 10.9 Å². The Morgan fingerprint density at radius 1 is 1.11 bits per heavy atom. The molecule has 0 aliphatic carbocycles. The van der Waals surface area contributed by atoms with Crippen LogP contribution in [0.2, 0.25) is 5.02 Å². The maximum absolute atomic E-state index is 12.2. The molecule has 2 amide bonds. The van der Waals surface area contributed by atoms with Gasteiger partial charge in [0, 0.05) is 10.6 Å². The summed E-state index contributed by atoms with van der Waals surface area (Å²) < 4.78 is 16.1. The van der Waals surface area contributed by atoms with Crippen molar-refractivity contribution in [2.45, 2.75) is 20.0 Å². The van der Waals surface area contributed by atoms with Crippen LogP contribution in [0.3, 0.4) is 0 Å². The van der Waals surface area contributed by atoms with Crippen molar-refractivity contribution in [3.8, 4) is 17.2 Å². The first-order chi connectivity index (χ1) is 12.9. The van der Waals surface area contributed by atoms with E-state index in [1.165, 1.54) is 13.2 Å². The lowest BCUT2D eigenvalue weighted by Gasteiger charge is -2.15. The third-order valence-corrected chi connectivity index (χ3v) is 3.74. The van der Waals surface area contributed by atoms with Crippen molar-refractivity contribution >= 4 is 23.4 Å². The lowest BCUT2D eigenvalue weighted by Crippen LogP contribution is -2.47. The number of hydrazine groups is 1. The summed E-state index contributed by atoms with van der Waals surface area (Å²) in [5.74, 6) is 0.395. The minimum absolute atomic E-state index is 0.305. The van der Waals surface area contributed by atoms with E-state index in [4.69, 9.17) is 25.8 Å². The Hall–Kier alpha value is -2.93. The molecule has 27 heavy (non-hydrogen) atoms. The molecule has 0 aliphatic heterocycles. The van der Waals surface area contributed by atoms with Gasteiger partial charge in [-0.1, -0.05) is 17.7 Å². The van der Waals surface area contributed by atoms with E-state index >= 15 is 0 Å². The molecule has 0 saturated carbocycles. The smallest absolute Gasteiger partial charge is 0.279 e. The van der Waals surface area contributed by atoms with Crippen molar-refractivity contribution in [1.29, 1.82) is 0 Å². The van der Waals surface area contributed by atoms with Gasteiger partial charge in [-0.25, -0.2) is 0 Å². The molecule has 7 nitrogen and oxygen atoms in total. The molecule has 0 fully saturated rings. The predicted molar refractivity (Wildman–Crippen MR) is 101 cm³/mol. The molecular weight excluding hydrogens is 372 g/mol. The van der Waals surface area contributed by atoms with E-state index in [-0.39, 0.29) is 0 Å². The third-order valence-electron chi connectivity index (χ3n) is 3.50. The van der Waals surface area contributed by atoms with E-state index in [1.54, 1.807) is 43.3 Å². The minimum atomic E-state index is -0.835. The predicted octanol–water partition coefficient (Wildman–Crippen LogP) is 2.98. The fraction of sp³-hybridized carbons (Fsp3) is 0.263. The Kier molecular flexibility index (Phi) is 7.31. The van der Waals surface area contributed by atoms with Crippen LogP contribution in [0, 0.1) is 0 Å². The molecule has 1 unspecified atom stereocenters. The Morgan fingerprint density at radius 2 is 1.89 bits per heavy atom. The van der Waals surface area contributed by atoms with Crippen molar-refractivity contribution in [2.24, 2.45) is 0 Å². The van der Waals surface area contributed by atoms with E-state index in [9.17, 15) is 9.59 Å². The fourth-order valence-electron chi connectivity index (χ4n) is 2.17.